The highest BCUT2D eigenvalue weighted by atomic mass is 32.2. The lowest BCUT2D eigenvalue weighted by atomic mass is 10.1. The molecule has 18 heavy (non-hydrogen) atoms. The van der Waals surface area contributed by atoms with Gasteiger partial charge in [-0.15, -0.1) is 0 Å². The Morgan fingerprint density at radius 1 is 1.28 bits per heavy atom. The number of carbonyl (C=O) groups excluding carboxylic acids is 1. The molecule has 1 aromatic heterocycles. The second-order valence-corrected chi connectivity index (χ2v) is 5.44. The fourth-order valence-corrected chi connectivity index (χ4v) is 2.58. The van der Waals surface area contributed by atoms with E-state index in [1.165, 1.54) is 0 Å². The monoisotopic (exact) mass is 259 g/mol. The topological polar surface area (TPSA) is 30.0 Å². The summed E-state index contributed by atoms with van der Waals surface area (Å²) in [6.07, 6.45) is 1.11. The van der Waals surface area contributed by atoms with Gasteiger partial charge in [0.15, 0.2) is 5.78 Å². The first-order chi connectivity index (χ1) is 8.70. The van der Waals surface area contributed by atoms with Crippen LogP contribution in [0.2, 0.25) is 0 Å². The molecule has 1 aromatic carbocycles. The van der Waals surface area contributed by atoms with Crippen molar-refractivity contribution in [2.24, 2.45) is 0 Å². The molecule has 0 amide bonds. The molecule has 3 heteroatoms. The molecule has 0 aliphatic carbocycles. The smallest absolute Gasteiger partial charge is 0.172 e. The number of ketones is 1. The molecule has 0 atom stereocenters. The first kappa shape index (κ1) is 13.1. The third kappa shape index (κ3) is 3.10. The largest absolute Gasteiger partial charge is 0.293 e. The van der Waals surface area contributed by atoms with Gasteiger partial charge in [-0.3, -0.25) is 9.78 Å². The van der Waals surface area contributed by atoms with E-state index in [-0.39, 0.29) is 5.78 Å². The van der Waals surface area contributed by atoms with Gasteiger partial charge in [0, 0.05) is 16.6 Å². The van der Waals surface area contributed by atoms with E-state index in [1.807, 2.05) is 37.3 Å². The molecule has 2 rings (SSSR count). The van der Waals surface area contributed by atoms with E-state index in [0.29, 0.717) is 5.75 Å². The number of pyridine rings is 1. The van der Waals surface area contributed by atoms with Crippen LogP contribution in [0, 0.1) is 6.92 Å². The maximum atomic E-state index is 12.0. The van der Waals surface area contributed by atoms with E-state index in [0.717, 1.165) is 34.3 Å². The van der Waals surface area contributed by atoms with Crippen molar-refractivity contribution in [2.75, 3.05) is 11.5 Å². The number of hydrogen-bond donors (Lipinski definition) is 0. The normalized spacial score (nSPS) is 10.8. The molecule has 2 nitrogen and oxygen atoms in total. The highest BCUT2D eigenvalue weighted by molar-refractivity contribution is 7.99. The summed E-state index contributed by atoms with van der Waals surface area (Å²) < 4.78 is 0. The number of hydrogen-bond acceptors (Lipinski definition) is 3. The highest BCUT2D eigenvalue weighted by Crippen LogP contribution is 2.16. The quantitative estimate of drug-likeness (QED) is 0.603. The molecule has 0 radical (unpaired) electrons. The lowest BCUT2D eigenvalue weighted by Gasteiger charge is -2.03. The lowest BCUT2D eigenvalue weighted by molar-refractivity contribution is 0.102. The van der Waals surface area contributed by atoms with E-state index < -0.39 is 0 Å². The van der Waals surface area contributed by atoms with Crippen LogP contribution in [0.1, 0.15) is 29.4 Å². The third-order valence-electron chi connectivity index (χ3n) is 2.73. The summed E-state index contributed by atoms with van der Waals surface area (Å²) in [5, 5.41) is 1.03. The zero-order chi connectivity index (χ0) is 13.0. The Bertz CT molecular complexity index is 565. The van der Waals surface area contributed by atoms with Crippen molar-refractivity contribution in [1.82, 2.24) is 4.98 Å². The van der Waals surface area contributed by atoms with E-state index >= 15 is 0 Å². The fourth-order valence-electron chi connectivity index (χ4n) is 1.79. The standard InChI is InChI=1S/C15H17NOS/c1-3-8-18-10-15(17)13-6-7-14-12(9-13)5-4-11(2)16-14/h4-7,9H,3,8,10H2,1-2H3. The van der Waals surface area contributed by atoms with Gasteiger partial charge in [-0.25, -0.2) is 0 Å². The van der Waals surface area contributed by atoms with Gasteiger partial charge in [0.05, 0.1) is 11.3 Å². The average molecular weight is 259 g/mol. The van der Waals surface area contributed by atoms with Crippen LogP contribution in [0.3, 0.4) is 0 Å². The SMILES string of the molecule is CCCSCC(=O)c1ccc2nc(C)ccc2c1. The maximum Gasteiger partial charge on any atom is 0.172 e. The Labute approximate surface area is 112 Å². The molecule has 0 unspecified atom stereocenters. The van der Waals surface area contributed by atoms with Gasteiger partial charge in [-0.2, -0.15) is 11.8 Å². The molecule has 0 aliphatic heterocycles. The Kier molecular flexibility index (Phi) is 4.37. The molecule has 0 fully saturated rings. The summed E-state index contributed by atoms with van der Waals surface area (Å²) >= 11 is 1.70. The Morgan fingerprint density at radius 2 is 2.11 bits per heavy atom. The molecule has 2 aromatic rings. The lowest BCUT2D eigenvalue weighted by Crippen LogP contribution is -2.03. The number of carbonyl (C=O) groups is 1. The predicted octanol–water partition coefficient (Wildman–Crippen LogP) is 3.87. The molecule has 0 aliphatic rings. The first-order valence-corrected chi connectivity index (χ1v) is 7.34. The van der Waals surface area contributed by atoms with Crippen LogP contribution in [0.25, 0.3) is 10.9 Å². The minimum atomic E-state index is 0.205. The van der Waals surface area contributed by atoms with Crippen molar-refractivity contribution in [3.8, 4) is 0 Å². The van der Waals surface area contributed by atoms with E-state index in [9.17, 15) is 4.79 Å². The zero-order valence-corrected chi connectivity index (χ0v) is 11.6. The van der Waals surface area contributed by atoms with Gasteiger partial charge in [0.1, 0.15) is 0 Å². The van der Waals surface area contributed by atoms with Crippen molar-refractivity contribution in [3.63, 3.8) is 0 Å². The first-order valence-electron chi connectivity index (χ1n) is 6.19. The van der Waals surface area contributed by atoms with Crippen LogP contribution in [-0.2, 0) is 0 Å². The van der Waals surface area contributed by atoms with Crippen LogP contribution in [0.4, 0.5) is 0 Å². The molecule has 0 saturated carbocycles. The molecule has 0 spiro atoms. The Balaban J connectivity index is 2.19. The van der Waals surface area contributed by atoms with Crippen molar-refractivity contribution < 1.29 is 4.79 Å². The van der Waals surface area contributed by atoms with E-state index in [2.05, 4.69) is 11.9 Å². The number of aromatic nitrogens is 1. The summed E-state index contributed by atoms with van der Waals surface area (Å²) in [7, 11) is 0. The maximum absolute atomic E-state index is 12.0. The molecule has 0 saturated heterocycles. The second-order valence-electron chi connectivity index (χ2n) is 4.34. The van der Waals surface area contributed by atoms with Crippen molar-refractivity contribution >= 4 is 28.4 Å². The third-order valence-corrected chi connectivity index (χ3v) is 3.90. The summed E-state index contributed by atoms with van der Waals surface area (Å²) in [6.45, 7) is 4.10. The van der Waals surface area contributed by atoms with Crippen molar-refractivity contribution in [1.29, 1.82) is 0 Å². The molecular weight excluding hydrogens is 242 g/mol. The Morgan fingerprint density at radius 3 is 2.89 bits per heavy atom. The fraction of sp³-hybridized carbons (Fsp3) is 0.333. The molecule has 1 heterocycles. The number of benzene rings is 1. The highest BCUT2D eigenvalue weighted by Gasteiger charge is 2.07. The molecule has 94 valence electrons. The van der Waals surface area contributed by atoms with Gasteiger partial charge in [0.2, 0.25) is 0 Å². The van der Waals surface area contributed by atoms with Gasteiger partial charge < -0.3 is 0 Å². The van der Waals surface area contributed by atoms with E-state index in [1.54, 1.807) is 11.8 Å². The van der Waals surface area contributed by atoms with E-state index in [4.69, 9.17) is 0 Å². The number of thioether (sulfide) groups is 1. The number of rotatable bonds is 5. The minimum Gasteiger partial charge on any atom is -0.293 e. The van der Waals surface area contributed by atoms with Crippen LogP contribution < -0.4 is 0 Å². The van der Waals surface area contributed by atoms with Crippen LogP contribution in [0.15, 0.2) is 30.3 Å². The molecule has 0 N–H and O–H groups in total. The average Bonchev–Trinajstić information content (AvgIpc) is 2.38. The predicted molar refractivity (Wildman–Crippen MR) is 78.4 cm³/mol. The number of fused-ring (bicyclic) bond motifs is 1. The Hall–Kier alpha value is -1.35. The van der Waals surface area contributed by atoms with Gasteiger partial charge in [-0.05, 0) is 43.4 Å². The minimum absolute atomic E-state index is 0.205. The van der Waals surface area contributed by atoms with Gasteiger partial charge in [0.25, 0.3) is 0 Å². The van der Waals surface area contributed by atoms with Crippen LogP contribution in [-0.4, -0.2) is 22.3 Å². The summed E-state index contributed by atoms with van der Waals surface area (Å²) in [6, 6.07) is 9.75. The van der Waals surface area contributed by atoms with Crippen LogP contribution in [0.5, 0.6) is 0 Å². The summed E-state index contributed by atoms with van der Waals surface area (Å²) in [5.74, 6) is 1.81. The van der Waals surface area contributed by atoms with Gasteiger partial charge in [-0.1, -0.05) is 13.0 Å². The van der Waals surface area contributed by atoms with Crippen LogP contribution >= 0.6 is 11.8 Å². The number of Topliss-reactive ketones (excluding diaryl/α,β-unsaturated/α-hetero) is 1. The van der Waals surface area contributed by atoms with Crippen molar-refractivity contribution in [3.05, 3.63) is 41.6 Å². The second kappa shape index (κ2) is 6.01. The summed E-state index contributed by atoms with van der Waals surface area (Å²) in [5.41, 5.74) is 2.74. The summed E-state index contributed by atoms with van der Waals surface area (Å²) in [4.78, 5) is 16.4. The van der Waals surface area contributed by atoms with Gasteiger partial charge >= 0.3 is 0 Å². The zero-order valence-electron chi connectivity index (χ0n) is 10.8. The number of aryl methyl sites for hydroxylation is 1. The number of nitrogens with zero attached hydrogens (tertiary/aromatic N) is 1. The molecular formula is C15H17NOS. The molecule has 0 bridgehead atoms. The van der Waals surface area contributed by atoms with Crippen molar-refractivity contribution in [2.45, 2.75) is 20.3 Å².